The highest BCUT2D eigenvalue weighted by molar-refractivity contribution is 5.59. The fraction of sp³-hybridized carbons (Fsp3) is 0.150. The molecule has 5 heteroatoms. The van der Waals surface area contributed by atoms with Crippen molar-refractivity contribution in [3.8, 4) is 17.5 Å². The van der Waals surface area contributed by atoms with Gasteiger partial charge in [0.05, 0.1) is 23.3 Å². The predicted octanol–water partition coefficient (Wildman–Crippen LogP) is 2.92. The zero-order chi connectivity index (χ0) is 18.0. The van der Waals surface area contributed by atoms with Crippen molar-refractivity contribution in [2.45, 2.75) is 20.8 Å². The standard InChI is InChI=1S/C20H19N5/c1-13-5-7-18(12-23-13)25-16(4)19(24-20(25)15(3)21)8-6-17-9-10-22-14(2)11-17/h5,7,9-12H,3,21H2,1-2,4H3. The Bertz CT molecular complexity index is 1000. The van der Waals surface area contributed by atoms with Crippen LogP contribution in [0, 0.1) is 32.6 Å². The maximum absolute atomic E-state index is 5.94. The maximum atomic E-state index is 5.94. The van der Waals surface area contributed by atoms with Gasteiger partial charge in [-0.25, -0.2) is 4.98 Å². The molecule has 0 aromatic carbocycles. The molecule has 3 aromatic heterocycles. The summed E-state index contributed by atoms with van der Waals surface area (Å²) in [5, 5.41) is 0. The van der Waals surface area contributed by atoms with Crippen LogP contribution in [0.1, 0.15) is 34.2 Å². The number of aryl methyl sites for hydroxylation is 2. The van der Waals surface area contributed by atoms with E-state index in [0.29, 0.717) is 17.2 Å². The molecule has 3 rings (SSSR count). The van der Waals surface area contributed by atoms with E-state index >= 15 is 0 Å². The van der Waals surface area contributed by atoms with Crippen LogP contribution < -0.4 is 5.73 Å². The van der Waals surface area contributed by atoms with Crippen molar-refractivity contribution in [1.29, 1.82) is 0 Å². The number of aromatic nitrogens is 4. The summed E-state index contributed by atoms with van der Waals surface area (Å²) in [6, 6.07) is 7.74. The first-order valence-electron chi connectivity index (χ1n) is 7.87. The average molecular weight is 329 g/mol. The lowest BCUT2D eigenvalue weighted by atomic mass is 10.2. The monoisotopic (exact) mass is 329 g/mol. The molecule has 3 heterocycles. The van der Waals surface area contributed by atoms with Gasteiger partial charge in [0, 0.05) is 23.1 Å². The lowest BCUT2D eigenvalue weighted by molar-refractivity contribution is 0.959. The number of nitrogens with two attached hydrogens (primary N) is 1. The highest BCUT2D eigenvalue weighted by Crippen LogP contribution is 2.20. The SMILES string of the molecule is C=C(N)c1nc(C#Cc2ccnc(C)c2)c(C)n1-c1ccc(C)nc1. The summed E-state index contributed by atoms with van der Waals surface area (Å²) in [6.45, 7) is 9.67. The summed E-state index contributed by atoms with van der Waals surface area (Å²) in [7, 11) is 0. The van der Waals surface area contributed by atoms with Crippen molar-refractivity contribution in [2.24, 2.45) is 5.73 Å². The second kappa shape index (κ2) is 6.62. The lowest BCUT2D eigenvalue weighted by Crippen LogP contribution is -2.06. The van der Waals surface area contributed by atoms with E-state index < -0.39 is 0 Å². The first-order valence-corrected chi connectivity index (χ1v) is 7.87. The Labute approximate surface area is 147 Å². The van der Waals surface area contributed by atoms with Crippen LogP contribution in [-0.2, 0) is 0 Å². The van der Waals surface area contributed by atoms with Crippen molar-refractivity contribution in [3.63, 3.8) is 0 Å². The molecule has 0 aliphatic carbocycles. The molecule has 0 bridgehead atoms. The molecule has 0 amide bonds. The minimum Gasteiger partial charge on any atom is -0.396 e. The van der Waals surface area contributed by atoms with E-state index in [-0.39, 0.29) is 0 Å². The molecule has 0 saturated carbocycles. The van der Waals surface area contributed by atoms with Gasteiger partial charge in [-0.1, -0.05) is 12.5 Å². The summed E-state index contributed by atoms with van der Waals surface area (Å²) in [6.07, 6.45) is 3.54. The van der Waals surface area contributed by atoms with Gasteiger partial charge in [0.2, 0.25) is 0 Å². The molecule has 3 aromatic rings. The third kappa shape index (κ3) is 3.43. The minimum atomic E-state index is 0.386. The van der Waals surface area contributed by atoms with Crippen LogP contribution in [0.15, 0.2) is 43.2 Å². The van der Waals surface area contributed by atoms with Crippen LogP contribution >= 0.6 is 0 Å². The largest absolute Gasteiger partial charge is 0.396 e. The van der Waals surface area contributed by atoms with E-state index in [0.717, 1.165) is 28.3 Å². The predicted molar refractivity (Wildman–Crippen MR) is 99.0 cm³/mol. The van der Waals surface area contributed by atoms with E-state index in [9.17, 15) is 0 Å². The quantitative estimate of drug-likeness (QED) is 0.734. The molecule has 0 unspecified atom stereocenters. The molecule has 0 spiro atoms. The summed E-state index contributed by atoms with van der Waals surface area (Å²) in [4.78, 5) is 13.1. The highest BCUT2D eigenvalue weighted by atomic mass is 15.1. The molecule has 2 N–H and O–H groups in total. The van der Waals surface area contributed by atoms with Gasteiger partial charge in [-0.3, -0.25) is 14.5 Å². The van der Waals surface area contributed by atoms with E-state index in [1.807, 2.05) is 49.6 Å². The minimum absolute atomic E-state index is 0.386. The molecule has 0 radical (unpaired) electrons. The Kier molecular flexibility index (Phi) is 4.36. The molecule has 5 nitrogen and oxygen atoms in total. The summed E-state index contributed by atoms with van der Waals surface area (Å²) < 4.78 is 1.93. The number of imidazole rings is 1. The summed E-state index contributed by atoms with van der Waals surface area (Å²) >= 11 is 0. The molecule has 25 heavy (non-hydrogen) atoms. The van der Waals surface area contributed by atoms with Gasteiger partial charge in [0.15, 0.2) is 5.82 Å². The zero-order valence-corrected chi connectivity index (χ0v) is 14.5. The van der Waals surface area contributed by atoms with Crippen molar-refractivity contribution >= 4 is 5.70 Å². The van der Waals surface area contributed by atoms with Gasteiger partial charge in [-0.2, -0.15) is 0 Å². The van der Waals surface area contributed by atoms with Crippen molar-refractivity contribution < 1.29 is 0 Å². The number of hydrogen-bond donors (Lipinski definition) is 1. The van der Waals surface area contributed by atoms with Gasteiger partial charge < -0.3 is 5.73 Å². The van der Waals surface area contributed by atoms with E-state index in [2.05, 4.69) is 33.4 Å². The summed E-state index contributed by atoms with van der Waals surface area (Å²) in [5.41, 5.74) is 11.5. The van der Waals surface area contributed by atoms with Crippen molar-refractivity contribution in [1.82, 2.24) is 19.5 Å². The fourth-order valence-electron chi connectivity index (χ4n) is 2.50. The van der Waals surface area contributed by atoms with Crippen LogP contribution in [0.2, 0.25) is 0 Å². The Morgan fingerprint density at radius 1 is 1.08 bits per heavy atom. The fourth-order valence-corrected chi connectivity index (χ4v) is 2.50. The van der Waals surface area contributed by atoms with E-state index in [1.54, 1.807) is 12.4 Å². The molecule has 0 aliphatic rings. The highest BCUT2D eigenvalue weighted by Gasteiger charge is 2.15. The van der Waals surface area contributed by atoms with Crippen LogP contribution in [-0.4, -0.2) is 19.5 Å². The van der Waals surface area contributed by atoms with Crippen LogP contribution in [0.25, 0.3) is 11.4 Å². The second-order valence-electron chi connectivity index (χ2n) is 5.82. The first kappa shape index (κ1) is 16.5. The van der Waals surface area contributed by atoms with Gasteiger partial charge in [-0.15, -0.1) is 0 Å². The normalized spacial score (nSPS) is 10.2. The number of pyridine rings is 2. The van der Waals surface area contributed by atoms with Gasteiger partial charge in [0.25, 0.3) is 0 Å². The lowest BCUT2D eigenvalue weighted by Gasteiger charge is -2.09. The zero-order valence-electron chi connectivity index (χ0n) is 14.5. The smallest absolute Gasteiger partial charge is 0.161 e. The van der Waals surface area contributed by atoms with Crippen LogP contribution in [0.5, 0.6) is 0 Å². The van der Waals surface area contributed by atoms with E-state index in [1.165, 1.54) is 0 Å². The molecule has 0 aliphatic heterocycles. The number of rotatable bonds is 2. The third-order valence-electron chi connectivity index (χ3n) is 3.77. The topological polar surface area (TPSA) is 69.6 Å². The third-order valence-corrected chi connectivity index (χ3v) is 3.77. The molecular formula is C20H19N5. The Morgan fingerprint density at radius 2 is 1.88 bits per heavy atom. The average Bonchev–Trinajstić information content (AvgIpc) is 2.91. The molecule has 0 fully saturated rings. The molecule has 124 valence electrons. The molecule has 0 saturated heterocycles. The van der Waals surface area contributed by atoms with Gasteiger partial charge in [0.1, 0.15) is 5.69 Å². The first-order chi connectivity index (χ1) is 12.0. The molecule has 0 atom stereocenters. The van der Waals surface area contributed by atoms with Crippen molar-refractivity contribution in [3.05, 3.63) is 77.4 Å². The van der Waals surface area contributed by atoms with Crippen LogP contribution in [0.3, 0.4) is 0 Å². The molecular weight excluding hydrogens is 310 g/mol. The Hall–Kier alpha value is -3.39. The van der Waals surface area contributed by atoms with Crippen molar-refractivity contribution in [2.75, 3.05) is 0 Å². The Balaban J connectivity index is 2.10. The maximum Gasteiger partial charge on any atom is 0.161 e. The van der Waals surface area contributed by atoms with Crippen LogP contribution in [0.4, 0.5) is 0 Å². The summed E-state index contributed by atoms with van der Waals surface area (Å²) in [5.74, 6) is 6.84. The van der Waals surface area contributed by atoms with Gasteiger partial charge in [-0.05, 0) is 51.0 Å². The number of nitrogens with zero attached hydrogens (tertiary/aromatic N) is 4. The Morgan fingerprint density at radius 3 is 2.52 bits per heavy atom. The number of hydrogen-bond acceptors (Lipinski definition) is 4. The van der Waals surface area contributed by atoms with E-state index in [4.69, 9.17) is 5.73 Å². The van der Waals surface area contributed by atoms with Gasteiger partial charge >= 0.3 is 0 Å². The second-order valence-corrected chi connectivity index (χ2v) is 5.82.